The van der Waals surface area contributed by atoms with Crippen LogP contribution >= 0.6 is 0 Å². The van der Waals surface area contributed by atoms with Crippen LogP contribution < -0.4 is 40.8 Å². The number of aromatic hydroxyl groups is 1. The summed E-state index contributed by atoms with van der Waals surface area (Å²) in [6, 6.07) is 84.6. The van der Waals surface area contributed by atoms with E-state index in [9.17, 15) is 47.0 Å². The lowest BCUT2D eigenvalue weighted by Gasteiger charge is -2.50. The van der Waals surface area contributed by atoms with Gasteiger partial charge in [-0.15, -0.1) is 0 Å². The van der Waals surface area contributed by atoms with E-state index in [1.54, 1.807) is 65.4 Å². The molecule has 0 bridgehead atoms. The number of amides is 3. The largest absolute Gasteiger partial charge is 0.502 e. The summed E-state index contributed by atoms with van der Waals surface area (Å²) < 4.78 is 107. The maximum absolute atomic E-state index is 15.5. The van der Waals surface area contributed by atoms with E-state index in [0.29, 0.717) is 80.4 Å². The normalized spacial score (nSPS) is 18.5. The van der Waals surface area contributed by atoms with E-state index in [1.807, 2.05) is 246 Å². The molecular formula is C108H87F6N9O9. The summed E-state index contributed by atoms with van der Waals surface area (Å²) in [5.41, 5.74) is 10.6. The molecule has 18 nitrogen and oxygen atoms in total. The van der Waals surface area contributed by atoms with Gasteiger partial charge in [0.1, 0.15) is 49.8 Å². The molecule has 6 aliphatic carbocycles. The van der Waals surface area contributed by atoms with Crippen LogP contribution in [0.15, 0.2) is 323 Å². The van der Waals surface area contributed by atoms with Gasteiger partial charge in [0.2, 0.25) is 16.3 Å². The number of aromatic nitrogens is 3. The van der Waals surface area contributed by atoms with Gasteiger partial charge in [0.15, 0.2) is 69.2 Å². The molecule has 23 rings (SSSR count). The quantitative estimate of drug-likeness (QED) is 0.0806. The van der Waals surface area contributed by atoms with E-state index in [4.69, 9.17) is 9.47 Å². The second-order valence-electron chi connectivity index (χ2n) is 34.2. The number of carbonyl (C=O) groups is 3. The lowest BCUT2D eigenvalue weighted by molar-refractivity contribution is 0.0645. The van der Waals surface area contributed by atoms with Crippen LogP contribution in [0, 0.1) is 40.8 Å². The zero-order chi connectivity index (χ0) is 89.7. The number of nitrogens with zero attached hydrogens (tertiary/aromatic N) is 9. The third kappa shape index (κ3) is 13.7. The highest BCUT2D eigenvalue weighted by Crippen LogP contribution is 2.60. The highest BCUT2D eigenvalue weighted by atomic mass is 19.2. The molecule has 6 heterocycles. The van der Waals surface area contributed by atoms with Crippen molar-refractivity contribution in [3.05, 3.63) is 486 Å². The smallest absolute Gasteiger partial charge is 0.277 e. The Labute approximate surface area is 755 Å². The SMILES string of the molecule is C.O=C1c2c(O)c(=O)ccn2N(C23c4ccccc4CC2Cc2c3ccc(F)c2F)CN1CCc1ccccc1.O=C1c2c(OCc3ccccc3)c(=O)ccn2N(C23C(=Cc4c2ccc(F)c4F)Cc2ccccc23)CN1CCc1ccccc1.O=C1c2c(OCc3ccccc3)c(=O)ccn2N(C23C(=Cc4ccccc42)Cc2c3ccc(F)c2F)CN1CCc1ccccc1. The summed E-state index contributed by atoms with van der Waals surface area (Å²) in [6.45, 7) is 1.64. The molecule has 4 atom stereocenters. The van der Waals surface area contributed by atoms with Gasteiger partial charge in [0.05, 0.1) is 0 Å². The number of halogens is 6. The van der Waals surface area contributed by atoms with Crippen molar-refractivity contribution < 1.29 is 55.3 Å². The molecule has 3 aromatic heterocycles. The fraction of sp³-hybridized carbons (Fsp3) is 0.185. The molecule has 14 aromatic rings. The van der Waals surface area contributed by atoms with Crippen LogP contribution in [0.4, 0.5) is 26.3 Å². The first kappa shape index (κ1) is 84.7. The molecule has 0 saturated heterocycles. The lowest BCUT2D eigenvalue weighted by atomic mass is 9.81. The number of hydrogen-bond acceptors (Lipinski definition) is 12. The fourth-order valence-corrected chi connectivity index (χ4v) is 21.3. The molecule has 3 amide bonds. The third-order valence-electron chi connectivity index (χ3n) is 27.2. The van der Waals surface area contributed by atoms with Crippen molar-refractivity contribution in [2.45, 2.75) is 82.2 Å². The summed E-state index contributed by atoms with van der Waals surface area (Å²) in [7, 11) is 0. The Balaban J connectivity index is 0.000000123. The molecule has 24 heteroatoms. The van der Waals surface area contributed by atoms with Crippen LogP contribution in [0.5, 0.6) is 17.2 Å². The topological polar surface area (TPSA) is 175 Å². The highest BCUT2D eigenvalue weighted by Gasteiger charge is 2.62. The number of rotatable bonds is 18. The van der Waals surface area contributed by atoms with E-state index in [-0.39, 0.29) is 105 Å². The minimum absolute atomic E-state index is 0. The first-order valence-corrected chi connectivity index (χ1v) is 43.6. The monoisotopic (exact) mass is 1770 g/mol. The molecule has 660 valence electrons. The standard InChI is InChI=1S/2C38H29F2N3O3.C31H25F2N3O3.CH4/c2*39-32-16-15-31-29(34(32)40)22-28-21-27-13-7-8-14-30(27)38(28,31)43-24-41(19-17-25-9-3-1-4-10-25)37(45)35-36(33(44)18-20-42(35)43)46-23-26-11-5-2-6-12-26;32-25-11-10-24-22(27(25)33)17-21-16-20-8-4-5-9-23(20)31(21,24)36-18-34(14-12-19-6-2-1-3-7-19)30(39)28-29(38)26(37)13-15-35(28)36;/h1-16,18,20,22H,17,19,21,23-24H2;1-16,18,20-21H,17,19,22-24H2;1-11,13,15,21,38H,12,14,16-18H2;1H4. The first-order valence-electron chi connectivity index (χ1n) is 43.6. The second kappa shape index (κ2) is 33.9. The molecular weight excluding hydrogens is 1680 g/mol. The lowest BCUT2D eigenvalue weighted by Crippen LogP contribution is -2.63. The highest BCUT2D eigenvalue weighted by molar-refractivity contribution is 5.99. The van der Waals surface area contributed by atoms with Gasteiger partial charge in [0, 0.05) is 79.9 Å². The van der Waals surface area contributed by atoms with Crippen molar-refractivity contribution >= 4 is 29.9 Å². The number of pyridine rings is 3. The molecule has 4 unspecified atom stereocenters. The van der Waals surface area contributed by atoms with Crippen molar-refractivity contribution in [2.75, 3.05) is 54.7 Å². The summed E-state index contributed by atoms with van der Waals surface area (Å²) >= 11 is 0. The predicted molar refractivity (Wildman–Crippen MR) is 490 cm³/mol. The molecule has 0 fully saturated rings. The molecule has 0 radical (unpaired) electrons. The van der Waals surface area contributed by atoms with Crippen molar-refractivity contribution in [1.29, 1.82) is 0 Å². The van der Waals surface area contributed by atoms with Crippen LogP contribution in [0.25, 0.3) is 12.2 Å². The average molecular weight is 1770 g/mol. The number of ether oxygens (including phenoxy) is 2. The number of carbonyl (C=O) groups excluding carboxylic acids is 3. The van der Waals surface area contributed by atoms with Crippen LogP contribution in [-0.4, -0.2) is 91.2 Å². The molecule has 1 N–H and O–H groups in total. The van der Waals surface area contributed by atoms with Crippen molar-refractivity contribution in [1.82, 2.24) is 28.7 Å². The van der Waals surface area contributed by atoms with Crippen LogP contribution in [0.3, 0.4) is 0 Å². The Kier molecular flexibility index (Phi) is 21.7. The summed E-state index contributed by atoms with van der Waals surface area (Å²) in [5, 5.41) is 16.8. The van der Waals surface area contributed by atoms with Crippen molar-refractivity contribution in [3.63, 3.8) is 0 Å². The number of fused-ring (bicyclic) bond motifs is 18. The predicted octanol–water partition coefficient (Wildman–Crippen LogP) is 17.1. The van der Waals surface area contributed by atoms with Gasteiger partial charge in [-0.2, -0.15) is 0 Å². The van der Waals surface area contributed by atoms with Gasteiger partial charge in [-0.25, -0.2) is 26.3 Å². The van der Waals surface area contributed by atoms with Gasteiger partial charge >= 0.3 is 0 Å². The molecule has 132 heavy (non-hydrogen) atoms. The third-order valence-corrected chi connectivity index (χ3v) is 27.2. The van der Waals surface area contributed by atoms with E-state index in [0.717, 1.165) is 84.5 Å². The van der Waals surface area contributed by atoms with Crippen LogP contribution in [-0.2, 0) is 74.8 Å². The van der Waals surface area contributed by atoms with Gasteiger partial charge in [-0.05, 0) is 157 Å². The number of benzene rings is 11. The van der Waals surface area contributed by atoms with E-state index in [1.165, 1.54) is 30.5 Å². The Morgan fingerprint density at radius 2 is 0.750 bits per heavy atom. The van der Waals surface area contributed by atoms with E-state index < -0.39 is 79.5 Å². The summed E-state index contributed by atoms with van der Waals surface area (Å²) in [6.07, 6.45) is 11.9. The first-order chi connectivity index (χ1) is 63.8. The molecule has 9 aliphatic rings. The maximum Gasteiger partial charge on any atom is 0.277 e. The maximum atomic E-state index is 15.5. The average Bonchev–Trinajstić information content (AvgIpc) is 1.52. The van der Waals surface area contributed by atoms with Crippen LogP contribution in [0.1, 0.15) is 133 Å². The van der Waals surface area contributed by atoms with Crippen LogP contribution in [0.2, 0.25) is 0 Å². The fourth-order valence-electron chi connectivity index (χ4n) is 21.3. The second-order valence-corrected chi connectivity index (χ2v) is 34.2. The molecule has 3 aliphatic heterocycles. The molecule has 0 saturated carbocycles. The van der Waals surface area contributed by atoms with Gasteiger partial charge in [0.25, 0.3) is 17.7 Å². The Bertz CT molecular complexity index is 7070. The number of hydrogen-bond donors (Lipinski definition) is 1. The minimum atomic E-state index is -1.06. The van der Waals surface area contributed by atoms with Gasteiger partial charge in [-0.3, -0.25) is 57.8 Å². The summed E-state index contributed by atoms with van der Waals surface area (Å²) in [4.78, 5) is 87.0. The molecule has 11 aromatic carbocycles. The summed E-state index contributed by atoms with van der Waals surface area (Å²) in [5.74, 6) is -7.37. The molecule has 0 spiro atoms. The zero-order valence-electron chi connectivity index (χ0n) is 70.6. The zero-order valence-corrected chi connectivity index (χ0v) is 70.6. The van der Waals surface area contributed by atoms with Crippen molar-refractivity contribution in [2.24, 2.45) is 5.92 Å². The minimum Gasteiger partial charge on any atom is -0.502 e. The van der Waals surface area contributed by atoms with Gasteiger partial charge in [-0.1, -0.05) is 256 Å². The Morgan fingerprint density at radius 1 is 0.348 bits per heavy atom. The van der Waals surface area contributed by atoms with E-state index >= 15 is 13.2 Å². The Hall–Kier alpha value is -15.5. The van der Waals surface area contributed by atoms with Gasteiger partial charge < -0.3 is 29.3 Å². The Morgan fingerprint density at radius 3 is 1.28 bits per heavy atom. The van der Waals surface area contributed by atoms with E-state index in [2.05, 4.69) is 0 Å². The van der Waals surface area contributed by atoms with Crippen molar-refractivity contribution in [3.8, 4) is 17.2 Å².